The number of aliphatic hydroxyl groups excluding tert-OH is 2. The van der Waals surface area contributed by atoms with E-state index in [2.05, 4.69) is 24.1 Å². The molecule has 0 radical (unpaired) electrons. The molecular formula is C30H53AlCl2LiN5O8S5. The summed E-state index contributed by atoms with van der Waals surface area (Å²) < 4.78 is 35.4. The third kappa shape index (κ3) is 35.2. The monoisotopic (exact) mass is 875 g/mol. The van der Waals surface area contributed by atoms with E-state index in [1.165, 1.54) is 53.0 Å². The number of ether oxygens (including phenoxy) is 2. The average Bonchev–Trinajstić information content (AvgIpc) is 3.91. The summed E-state index contributed by atoms with van der Waals surface area (Å²) in [4.78, 5) is 30.4. The fourth-order valence-electron chi connectivity index (χ4n) is 2.78. The van der Waals surface area contributed by atoms with Crippen LogP contribution in [0.15, 0.2) is 24.8 Å². The van der Waals surface area contributed by atoms with E-state index in [4.69, 9.17) is 48.6 Å². The molecule has 1 saturated heterocycles. The predicted octanol–water partition coefficient (Wildman–Crippen LogP) is 2.56. The second kappa shape index (κ2) is 37.4. The second-order valence-corrected chi connectivity index (χ2v) is 16.7. The Morgan fingerprint density at radius 2 is 1.27 bits per heavy atom. The van der Waals surface area contributed by atoms with E-state index in [9.17, 15) is 13.2 Å². The molecule has 0 saturated carbocycles. The number of thiazole rings is 4. The zero-order chi connectivity index (χ0) is 38.4. The van der Waals surface area contributed by atoms with Crippen LogP contribution in [0.4, 0.5) is 0 Å². The van der Waals surface area contributed by atoms with Gasteiger partial charge in [-0.1, -0.05) is 0 Å². The van der Waals surface area contributed by atoms with Gasteiger partial charge >= 0.3 is 24.8 Å². The van der Waals surface area contributed by atoms with Gasteiger partial charge in [0, 0.05) is 49.8 Å². The number of carbonyl (C=O) groups excluding carboxylic acids is 1. The van der Waals surface area contributed by atoms with Crippen LogP contribution in [0.3, 0.4) is 0 Å². The summed E-state index contributed by atoms with van der Waals surface area (Å²) in [6, 6.07) is 0. The van der Waals surface area contributed by atoms with Crippen LogP contribution in [0, 0.1) is 27.7 Å². The van der Waals surface area contributed by atoms with Gasteiger partial charge in [-0.3, -0.25) is 4.18 Å². The Kier molecular flexibility index (Phi) is 41.8. The fraction of sp³-hybridized carbons (Fsp3) is 0.567. The summed E-state index contributed by atoms with van der Waals surface area (Å²) in [6.07, 6.45) is 10.3. The Morgan fingerprint density at radius 1 is 0.865 bits per heavy atom. The van der Waals surface area contributed by atoms with E-state index < -0.39 is 10.1 Å². The number of nitrogens with two attached hydrogens (primary N) is 1. The van der Waals surface area contributed by atoms with Crippen LogP contribution in [0.25, 0.3) is 0 Å². The molecule has 1 aliphatic heterocycles. The van der Waals surface area contributed by atoms with Crippen LogP contribution >= 0.6 is 68.5 Å². The molecule has 0 atom stereocenters. The number of aromatic nitrogens is 4. The molecule has 0 bridgehead atoms. The van der Waals surface area contributed by atoms with Gasteiger partial charge in [-0.15, -0.1) is 68.5 Å². The van der Waals surface area contributed by atoms with Gasteiger partial charge in [-0.05, 0) is 54.4 Å². The van der Waals surface area contributed by atoms with E-state index in [1.54, 1.807) is 37.6 Å². The third-order valence-corrected chi connectivity index (χ3v) is 8.86. The molecule has 0 aromatic carbocycles. The molecule has 4 N–H and O–H groups in total. The first-order valence-corrected chi connectivity index (χ1v) is 21.1. The zero-order valence-electron chi connectivity index (χ0n) is 31.4. The van der Waals surface area contributed by atoms with E-state index >= 15 is 0 Å². The van der Waals surface area contributed by atoms with Crippen LogP contribution in [0.2, 0.25) is 0 Å². The molecule has 1 aliphatic rings. The zero-order valence-corrected chi connectivity index (χ0v) is 36.0. The molecule has 13 nitrogen and oxygen atoms in total. The number of hydrogen-bond donors (Lipinski definition) is 3. The van der Waals surface area contributed by atoms with Gasteiger partial charge in [-0.2, -0.15) is 8.42 Å². The summed E-state index contributed by atoms with van der Waals surface area (Å²) in [5.74, 6) is -0.280. The van der Waals surface area contributed by atoms with Crippen molar-refractivity contribution in [1.29, 1.82) is 0 Å². The van der Waals surface area contributed by atoms with Gasteiger partial charge in [0.1, 0.15) is 11.5 Å². The maximum Gasteiger partial charge on any atom is 1.00 e. The molecule has 0 amide bonds. The van der Waals surface area contributed by atoms with Crippen molar-refractivity contribution in [2.24, 2.45) is 5.73 Å². The number of aryl methyl sites for hydroxylation is 4. The van der Waals surface area contributed by atoms with Crippen molar-refractivity contribution < 1.29 is 57.4 Å². The minimum atomic E-state index is -3.33. The topological polar surface area (TPSA) is 197 Å². The molecule has 52 heavy (non-hydrogen) atoms. The summed E-state index contributed by atoms with van der Waals surface area (Å²) in [7, 11) is -3.33. The van der Waals surface area contributed by atoms with Crippen LogP contribution < -0.4 is 24.6 Å². The Labute approximate surface area is 358 Å². The van der Waals surface area contributed by atoms with Crippen molar-refractivity contribution >= 4 is 102 Å². The quantitative estimate of drug-likeness (QED) is 0.106. The third-order valence-electron chi connectivity index (χ3n) is 4.70. The van der Waals surface area contributed by atoms with Gasteiger partial charge in [0.25, 0.3) is 10.1 Å². The summed E-state index contributed by atoms with van der Waals surface area (Å²) in [5, 5.41) is 20.2. The number of esters is 1. The average molecular weight is 877 g/mol. The van der Waals surface area contributed by atoms with E-state index in [0.29, 0.717) is 18.0 Å². The van der Waals surface area contributed by atoms with Crippen molar-refractivity contribution in [3.8, 4) is 0 Å². The number of nitrogens with zero attached hydrogens (tertiary/aromatic N) is 4. The Bertz CT molecular complexity index is 1470. The van der Waals surface area contributed by atoms with Crippen molar-refractivity contribution in [1.82, 2.24) is 19.9 Å². The first kappa shape index (κ1) is 58.2. The smallest absolute Gasteiger partial charge is 1.00 e. The number of aliphatic hydroxyl groups is 2. The van der Waals surface area contributed by atoms with Crippen molar-refractivity contribution in [2.45, 2.75) is 74.1 Å². The first-order valence-electron chi connectivity index (χ1n) is 15.0. The van der Waals surface area contributed by atoms with Crippen LogP contribution in [-0.2, 0) is 43.5 Å². The Hall–Kier alpha value is -0.550. The molecule has 22 heteroatoms. The molecule has 294 valence electrons. The van der Waals surface area contributed by atoms with Gasteiger partial charge < -0.3 is 26.8 Å². The van der Waals surface area contributed by atoms with Crippen LogP contribution in [-0.4, -0.2) is 99.9 Å². The van der Waals surface area contributed by atoms with E-state index in [1.807, 2.05) is 33.9 Å². The SMILES string of the molecule is C1CCOC1.CCO.CCOC(=O)c1cnc(C)s1.Cc1ncc(CN)s1.Cc1ncc(CO)s1.Cc1ncc(COS(C)(=O)=O)s1.ClCCl.[AlH3].[H-].[Li+]. The molecule has 4 aromatic heterocycles. The number of rotatable bonds is 7. The number of hydrogen-bond acceptors (Lipinski definition) is 17. The van der Waals surface area contributed by atoms with Gasteiger partial charge in [0.05, 0.1) is 60.8 Å². The Morgan fingerprint density at radius 3 is 1.52 bits per heavy atom. The summed E-state index contributed by atoms with van der Waals surface area (Å²) in [5.41, 5.74) is 5.33. The number of halogens is 2. The predicted molar refractivity (Wildman–Crippen MR) is 217 cm³/mol. The molecule has 0 unspecified atom stereocenters. The Balaban J connectivity index is -0.000000175. The molecule has 0 spiro atoms. The van der Waals surface area contributed by atoms with Crippen LogP contribution in [0.5, 0.6) is 0 Å². The molecule has 4 aromatic rings. The standard InChI is InChI=1S/C7H9NO2S.C6H9NO3S2.C5H8N2S.C5H7NOS.C4H8O.C2H6O.CH2Cl2.Al.Li.4H/c1-3-10-7(9)6-4-8-5(2)11-6;1-5-7-3-6(11-5)4-10-12(2,8)9;1-4-7-3-5(2-6)8-4;1-4-6-2-5(3-7)8-4;1-2-4-5-3-1;1-2-3;2-1-3;;;;;;/h4H,3H2,1-2H3;3H,4H2,1-2H3;3H,2,6H2,1H3;2,7H,3H2,1H3;1-4H2;3H,2H2,1H3;1H2;;;;;;/q;;;;;;;;+1;;;;-1. The molecule has 5 rings (SSSR count). The normalized spacial score (nSPS) is 10.8. The first-order chi connectivity index (χ1) is 23.7. The number of alkyl halides is 2. The largest absolute Gasteiger partial charge is 1.00 e. The van der Waals surface area contributed by atoms with E-state index in [-0.39, 0.29) is 68.8 Å². The number of carbonyl (C=O) groups is 1. The molecule has 1 fully saturated rings. The van der Waals surface area contributed by atoms with Gasteiger partial charge in [0.15, 0.2) is 17.4 Å². The summed E-state index contributed by atoms with van der Waals surface area (Å²) >= 11 is 15.5. The van der Waals surface area contributed by atoms with E-state index in [0.717, 1.165) is 54.1 Å². The summed E-state index contributed by atoms with van der Waals surface area (Å²) in [6.45, 7) is 14.6. The van der Waals surface area contributed by atoms with Crippen molar-refractivity contribution in [2.75, 3.05) is 38.0 Å². The van der Waals surface area contributed by atoms with Crippen molar-refractivity contribution in [3.63, 3.8) is 0 Å². The van der Waals surface area contributed by atoms with Crippen LogP contribution in [0.1, 0.15) is 72.4 Å². The maximum absolute atomic E-state index is 11.0. The van der Waals surface area contributed by atoms with Gasteiger partial charge in [-0.25, -0.2) is 24.7 Å². The minimum Gasteiger partial charge on any atom is -1.00 e. The second-order valence-electron chi connectivity index (χ2n) is 9.07. The minimum absolute atomic E-state index is 0. The molecular weight excluding hydrogens is 824 g/mol. The molecule has 0 aliphatic carbocycles. The molecule has 5 heterocycles. The maximum atomic E-state index is 11.0. The van der Waals surface area contributed by atoms with Crippen molar-refractivity contribution in [3.05, 3.63) is 64.3 Å². The fourth-order valence-corrected chi connectivity index (χ4v) is 5.91. The van der Waals surface area contributed by atoms with Gasteiger partial charge in [0.2, 0.25) is 0 Å².